The second-order valence-electron chi connectivity index (χ2n) is 6.69. The molecule has 0 radical (unpaired) electrons. The predicted octanol–water partition coefficient (Wildman–Crippen LogP) is 2.57. The summed E-state index contributed by atoms with van der Waals surface area (Å²) in [5.41, 5.74) is 2.23. The van der Waals surface area contributed by atoms with Crippen LogP contribution in [0, 0.1) is 6.92 Å². The topological polar surface area (TPSA) is 45.2 Å². The van der Waals surface area contributed by atoms with Gasteiger partial charge in [0, 0.05) is 32.7 Å². The summed E-state index contributed by atoms with van der Waals surface area (Å²) in [4.78, 5) is 4.63. The summed E-state index contributed by atoms with van der Waals surface area (Å²) in [7, 11) is 1.71. The minimum atomic E-state index is -0.493. The molecular formula is C21H28N2O3. The molecule has 1 atom stereocenters. The van der Waals surface area contributed by atoms with Gasteiger partial charge in [-0.05, 0) is 30.7 Å². The van der Waals surface area contributed by atoms with Crippen LogP contribution in [0.15, 0.2) is 48.5 Å². The minimum absolute atomic E-state index is 0.317. The van der Waals surface area contributed by atoms with Crippen LogP contribution in [0.5, 0.6) is 11.5 Å². The van der Waals surface area contributed by atoms with E-state index in [1.54, 1.807) is 7.11 Å². The zero-order valence-corrected chi connectivity index (χ0v) is 15.6. The number of aliphatic hydroxyl groups is 1. The Labute approximate surface area is 155 Å². The lowest BCUT2D eigenvalue weighted by atomic mass is 10.2. The molecule has 1 aliphatic heterocycles. The molecule has 0 unspecified atom stereocenters. The number of para-hydroxylation sites is 3. The van der Waals surface area contributed by atoms with Gasteiger partial charge in [0.25, 0.3) is 0 Å². The molecular weight excluding hydrogens is 328 g/mol. The number of aryl methyl sites for hydroxylation is 1. The van der Waals surface area contributed by atoms with Crippen molar-refractivity contribution in [3.8, 4) is 11.5 Å². The van der Waals surface area contributed by atoms with E-state index in [2.05, 4.69) is 15.9 Å². The Kier molecular flexibility index (Phi) is 6.36. The minimum Gasteiger partial charge on any atom is -0.495 e. The molecule has 140 valence electrons. The fraction of sp³-hybridized carbons (Fsp3) is 0.429. The van der Waals surface area contributed by atoms with Crippen LogP contribution in [0.25, 0.3) is 0 Å². The van der Waals surface area contributed by atoms with Crippen molar-refractivity contribution in [1.29, 1.82) is 0 Å². The van der Waals surface area contributed by atoms with Gasteiger partial charge in [0.2, 0.25) is 0 Å². The predicted molar refractivity (Wildman–Crippen MR) is 104 cm³/mol. The van der Waals surface area contributed by atoms with Crippen molar-refractivity contribution >= 4 is 5.69 Å². The molecule has 0 spiro atoms. The average molecular weight is 356 g/mol. The standard InChI is InChI=1S/C21H28N2O3/c1-17-7-3-5-9-20(17)26-16-18(24)15-22-11-13-23(14-12-22)19-8-4-6-10-21(19)25-2/h3-10,18,24H,11-16H2,1-2H3/t18-/m0/s1. The number of rotatable bonds is 7. The number of methoxy groups -OCH3 is 1. The highest BCUT2D eigenvalue weighted by molar-refractivity contribution is 5.58. The number of aliphatic hydroxyl groups excluding tert-OH is 1. The highest BCUT2D eigenvalue weighted by atomic mass is 16.5. The van der Waals surface area contributed by atoms with E-state index in [0.29, 0.717) is 13.2 Å². The molecule has 1 heterocycles. The van der Waals surface area contributed by atoms with Crippen LogP contribution >= 0.6 is 0 Å². The maximum atomic E-state index is 10.3. The molecule has 0 bridgehead atoms. The molecule has 0 saturated carbocycles. The van der Waals surface area contributed by atoms with Crippen LogP contribution in [-0.2, 0) is 0 Å². The summed E-state index contributed by atoms with van der Waals surface area (Å²) < 4.78 is 11.2. The van der Waals surface area contributed by atoms with E-state index in [0.717, 1.165) is 48.9 Å². The van der Waals surface area contributed by atoms with Gasteiger partial charge in [0.1, 0.15) is 24.2 Å². The number of nitrogens with zero attached hydrogens (tertiary/aromatic N) is 2. The quantitative estimate of drug-likeness (QED) is 0.826. The van der Waals surface area contributed by atoms with E-state index in [-0.39, 0.29) is 0 Å². The van der Waals surface area contributed by atoms with E-state index >= 15 is 0 Å². The number of benzene rings is 2. The zero-order valence-electron chi connectivity index (χ0n) is 15.6. The van der Waals surface area contributed by atoms with Gasteiger partial charge in [-0.1, -0.05) is 30.3 Å². The molecule has 5 heteroatoms. The summed E-state index contributed by atoms with van der Waals surface area (Å²) in [5.74, 6) is 1.75. The molecule has 26 heavy (non-hydrogen) atoms. The first kappa shape index (κ1) is 18.5. The fourth-order valence-corrected chi connectivity index (χ4v) is 3.32. The summed E-state index contributed by atoms with van der Waals surface area (Å²) in [6, 6.07) is 16.0. The molecule has 5 nitrogen and oxygen atoms in total. The van der Waals surface area contributed by atoms with Crippen molar-refractivity contribution in [2.24, 2.45) is 0 Å². The molecule has 0 aliphatic carbocycles. The highest BCUT2D eigenvalue weighted by Crippen LogP contribution is 2.28. The van der Waals surface area contributed by atoms with Crippen molar-refractivity contribution in [3.05, 3.63) is 54.1 Å². The molecule has 1 N–H and O–H groups in total. The third kappa shape index (κ3) is 4.68. The summed E-state index contributed by atoms with van der Waals surface area (Å²) in [6.07, 6.45) is -0.493. The lowest BCUT2D eigenvalue weighted by Crippen LogP contribution is -2.49. The number of β-amino-alcohol motifs (C(OH)–C–C–N with tert-alkyl or cyclic N) is 1. The summed E-state index contributed by atoms with van der Waals surface area (Å²) in [5, 5.41) is 10.3. The fourth-order valence-electron chi connectivity index (χ4n) is 3.32. The van der Waals surface area contributed by atoms with Gasteiger partial charge in [0.05, 0.1) is 12.8 Å². The molecule has 3 rings (SSSR count). The van der Waals surface area contributed by atoms with E-state index in [1.807, 2.05) is 49.4 Å². The molecule has 1 saturated heterocycles. The second-order valence-corrected chi connectivity index (χ2v) is 6.69. The Balaban J connectivity index is 1.45. The van der Waals surface area contributed by atoms with Crippen molar-refractivity contribution in [3.63, 3.8) is 0 Å². The van der Waals surface area contributed by atoms with Crippen LogP contribution in [0.2, 0.25) is 0 Å². The molecule has 1 aliphatic rings. The smallest absolute Gasteiger partial charge is 0.142 e. The summed E-state index contributed by atoms with van der Waals surface area (Å²) >= 11 is 0. The van der Waals surface area contributed by atoms with Crippen molar-refractivity contribution in [2.75, 3.05) is 51.3 Å². The first-order chi connectivity index (χ1) is 12.7. The van der Waals surface area contributed by atoms with E-state index in [1.165, 1.54) is 0 Å². The molecule has 1 fully saturated rings. The van der Waals surface area contributed by atoms with Gasteiger partial charge in [-0.25, -0.2) is 0 Å². The zero-order chi connectivity index (χ0) is 18.4. The monoisotopic (exact) mass is 356 g/mol. The Morgan fingerprint density at radius 1 is 0.962 bits per heavy atom. The maximum Gasteiger partial charge on any atom is 0.142 e. The Morgan fingerprint density at radius 3 is 2.31 bits per heavy atom. The second kappa shape index (κ2) is 8.92. The third-order valence-corrected chi connectivity index (χ3v) is 4.79. The van der Waals surface area contributed by atoms with Crippen LogP contribution in [0.1, 0.15) is 5.56 Å². The van der Waals surface area contributed by atoms with Gasteiger partial charge >= 0.3 is 0 Å². The first-order valence-electron chi connectivity index (χ1n) is 9.14. The van der Waals surface area contributed by atoms with Gasteiger partial charge < -0.3 is 19.5 Å². The maximum absolute atomic E-state index is 10.3. The molecule has 0 aromatic heterocycles. The van der Waals surface area contributed by atoms with Crippen LogP contribution in [0.4, 0.5) is 5.69 Å². The number of ether oxygens (including phenoxy) is 2. The Hall–Kier alpha value is -2.24. The van der Waals surface area contributed by atoms with E-state index in [9.17, 15) is 5.11 Å². The number of anilines is 1. The molecule has 2 aromatic rings. The molecule has 2 aromatic carbocycles. The van der Waals surface area contributed by atoms with Crippen molar-refractivity contribution < 1.29 is 14.6 Å². The van der Waals surface area contributed by atoms with Crippen LogP contribution < -0.4 is 14.4 Å². The SMILES string of the molecule is COc1ccccc1N1CCN(C[C@H](O)COc2ccccc2C)CC1. The lowest BCUT2D eigenvalue weighted by Gasteiger charge is -2.37. The largest absolute Gasteiger partial charge is 0.495 e. The third-order valence-electron chi connectivity index (χ3n) is 4.79. The first-order valence-corrected chi connectivity index (χ1v) is 9.14. The molecule has 0 amide bonds. The van der Waals surface area contributed by atoms with Crippen LogP contribution in [-0.4, -0.2) is 62.6 Å². The van der Waals surface area contributed by atoms with Gasteiger partial charge in [-0.3, -0.25) is 4.90 Å². The van der Waals surface area contributed by atoms with Gasteiger partial charge in [-0.15, -0.1) is 0 Å². The van der Waals surface area contributed by atoms with Gasteiger partial charge in [0.15, 0.2) is 0 Å². The Bertz CT molecular complexity index is 699. The van der Waals surface area contributed by atoms with Crippen molar-refractivity contribution in [2.45, 2.75) is 13.0 Å². The average Bonchev–Trinajstić information content (AvgIpc) is 2.68. The van der Waals surface area contributed by atoms with Crippen molar-refractivity contribution in [1.82, 2.24) is 4.90 Å². The Morgan fingerprint density at radius 2 is 1.62 bits per heavy atom. The van der Waals surface area contributed by atoms with E-state index in [4.69, 9.17) is 9.47 Å². The number of hydrogen-bond acceptors (Lipinski definition) is 5. The van der Waals surface area contributed by atoms with E-state index < -0.39 is 6.10 Å². The van der Waals surface area contributed by atoms with Crippen LogP contribution in [0.3, 0.4) is 0 Å². The lowest BCUT2D eigenvalue weighted by molar-refractivity contribution is 0.0660. The van der Waals surface area contributed by atoms with Gasteiger partial charge in [-0.2, -0.15) is 0 Å². The number of piperazine rings is 1. The highest BCUT2D eigenvalue weighted by Gasteiger charge is 2.21. The normalized spacial score (nSPS) is 16.3. The summed E-state index contributed by atoms with van der Waals surface area (Å²) in [6.45, 7) is 6.64. The number of hydrogen-bond donors (Lipinski definition) is 1.